The predicted octanol–water partition coefficient (Wildman–Crippen LogP) is 3.02. The molecular formula is C16H26N2O. The van der Waals surface area contributed by atoms with Gasteiger partial charge < -0.3 is 11.1 Å². The Kier molecular flexibility index (Phi) is 6.57. The Balaban J connectivity index is 2.67. The van der Waals surface area contributed by atoms with E-state index in [2.05, 4.69) is 26.1 Å². The van der Waals surface area contributed by atoms with E-state index in [1.165, 1.54) is 0 Å². The van der Waals surface area contributed by atoms with Crippen molar-refractivity contribution >= 4 is 5.91 Å². The maximum Gasteiger partial charge on any atom is 0.237 e. The number of carbonyl (C=O) groups excluding carboxylic acids is 1. The van der Waals surface area contributed by atoms with Gasteiger partial charge in [-0.05, 0) is 17.9 Å². The molecule has 3 N–H and O–H groups in total. The van der Waals surface area contributed by atoms with E-state index in [0.717, 1.165) is 24.8 Å². The lowest BCUT2D eigenvalue weighted by Gasteiger charge is -2.24. The average molecular weight is 262 g/mol. The molecule has 0 aliphatic rings. The number of nitrogens with two attached hydrogens (primary N) is 1. The third-order valence-electron chi connectivity index (χ3n) is 3.33. The van der Waals surface area contributed by atoms with Gasteiger partial charge in [0.25, 0.3) is 0 Å². The number of rotatable bonds is 7. The summed E-state index contributed by atoms with van der Waals surface area (Å²) in [6.07, 6.45) is 2.81. The van der Waals surface area contributed by atoms with E-state index in [1.807, 2.05) is 30.3 Å². The van der Waals surface area contributed by atoms with Crippen LogP contribution in [0.1, 0.15) is 51.6 Å². The lowest BCUT2D eigenvalue weighted by molar-refractivity contribution is -0.123. The maximum atomic E-state index is 12.1. The van der Waals surface area contributed by atoms with Gasteiger partial charge in [0.2, 0.25) is 5.91 Å². The van der Waals surface area contributed by atoms with Crippen molar-refractivity contribution < 1.29 is 4.79 Å². The van der Waals surface area contributed by atoms with E-state index < -0.39 is 6.04 Å². The molecule has 0 radical (unpaired) electrons. The van der Waals surface area contributed by atoms with E-state index >= 15 is 0 Å². The molecule has 1 unspecified atom stereocenters. The summed E-state index contributed by atoms with van der Waals surface area (Å²) in [6, 6.07) is 9.69. The average Bonchev–Trinajstić information content (AvgIpc) is 2.42. The van der Waals surface area contributed by atoms with Crippen molar-refractivity contribution in [3.63, 3.8) is 0 Å². The number of carbonyl (C=O) groups is 1. The van der Waals surface area contributed by atoms with Crippen molar-refractivity contribution in [2.45, 2.75) is 52.1 Å². The summed E-state index contributed by atoms with van der Waals surface area (Å²) in [4.78, 5) is 12.1. The Bertz CT molecular complexity index is 376. The molecule has 1 amide bonds. The second-order valence-electron chi connectivity index (χ2n) is 5.39. The zero-order valence-corrected chi connectivity index (χ0v) is 12.2. The molecule has 0 saturated heterocycles. The number of benzene rings is 1. The molecule has 0 aliphatic heterocycles. The monoisotopic (exact) mass is 262 g/mol. The number of amides is 1. The summed E-state index contributed by atoms with van der Waals surface area (Å²) in [7, 11) is 0. The quantitative estimate of drug-likeness (QED) is 0.793. The minimum Gasteiger partial charge on any atom is -0.348 e. The van der Waals surface area contributed by atoms with Crippen LogP contribution in [-0.2, 0) is 4.79 Å². The van der Waals surface area contributed by atoms with E-state index in [0.29, 0.717) is 5.92 Å². The molecule has 2 atom stereocenters. The summed E-state index contributed by atoms with van der Waals surface area (Å²) in [5.41, 5.74) is 7.05. The fourth-order valence-electron chi connectivity index (χ4n) is 2.11. The third-order valence-corrected chi connectivity index (χ3v) is 3.33. The van der Waals surface area contributed by atoms with E-state index in [1.54, 1.807) is 0 Å². The maximum absolute atomic E-state index is 12.1. The standard InChI is InChI=1S/C16H26N2O/c1-4-5-11-14(17)16(19)18-15(12(2)3)13-9-7-6-8-10-13/h6-10,12,14-15H,4-5,11,17H2,1-3H3,(H,18,19)/t14-,15?/m0/s1. The Morgan fingerprint density at radius 1 is 1.26 bits per heavy atom. The normalized spacial score (nSPS) is 14.2. The number of hydrogen-bond acceptors (Lipinski definition) is 2. The van der Waals surface area contributed by atoms with Crippen molar-refractivity contribution in [3.8, 4) is 0 Å². The van der Waals surface area contributed by atoms with Crippen LogP contribution in [0, 0.1) is 5.92 Å². The SMILES string of the molecule is CCCC[C@H](N)C(=O)NC(c1ccccc1)C(C)C. The van der Waals surface area contributed by atoms with Gasteiger partial charge in [0.1, 0.15) is 0 Å². The first-order chi connectivity index (χ1) is 9.06. The zero-order valence-electron chi connectivity index (χ0n) is 12.2. The van der Waals surface area contributed by atoms with Gasteiger partial charge >= 0.3 is 0 Å². The van der Waals surface area contributed by atoms with Crippen LogP contribution in [0.4, 0.5) is 0 Å². The minimum atomic E-state index is -0.398. The van der Waals surface area contributed by atoms with Gasteiger partial charge in [-0.15, -0.1) is 0 Å². The van der Waals surface area contributed by atoms with Crippen LogP contribution in [-0.4, -0.2) is 11.9 Å². The van der Waals surface area contributed by atoms with Crippen molar-refractivity contribution in [1.82, 2.24) is 5.32 Å². The van der Waals surface area contributed by atoms with Gasteiger partial charge in [0.05, 0.1) is 12.1 Å². The molecule has 0 saturated carbocycles. The van der Waals surface area contributed by atoms with Crippen molar-refractivity contribution in [2.24, 2.45) is 11.7 Å². The summed E-state index contributed by atoms with van der Waals surface area (Å²) >= 11 is 0. The highest BCUT2D eigenvalue weighted by Gasteiger charge is 2.21. The number of hydrogen-bond donors (Lipinski definition) is 2. The summed E-state index contributed by atoms with van der Waals surface area (Å²) in [5, 5.41) is 3.08. The summed E-state index contributed by atoms with van der Waals surface area (Å²) in [6.45, 7) is 6.32. The fraction of sp³-hybridized carbons (Fsp3) is 0.562. The number of unbranched alkanes of at least 4 members (excludes halogenated alkanes) is 1. The first-order valence-corrected chi connectivity index (χ1v) is 7.17. The van der Waals surface area contributed by atoms with E-state index in [9.17, 15) is 4.79 Å². The van der Waals surface area contributed by atoms with Crippen molar-refractivity contribution in [1.29, 1.82) is 0 Å². The van der Waals surface area contributed by atoms with Crippen molar-refractivity contribution in [2.75, 3.05) is 0 Å². The molecule has 0 aliphatic carbocycles. The summed E-state index contributed by atoms with van der Waals surface area (Å²) < 4.78 is 0. The zero-order chi connectivity index (χ0) is 14.3. The molecule has 1 aromatic rings. The van der Waals surface area contributed by atoms with Crippen molar-refractivity contribution in [3.05, 3.63) is 35.9 Å². The highest BCUT2D eigenvalue weighted by Crippen LogP contribution is 2.21. The van der Waals surface area contributed by atoms with E-state index in [-0.39, 0.29) is 11.9 Å². The molecule has 0 bridgehead atoms. The van der Waals surface area contributed by atoms with Gasteiger partial charge in [-0.2, -0.15) is 0 Å². The molecule has 106 valence electrons. The predicted molar refractivity (Wildman–Crippen MR) is 79.7 cm³/mol. The van der Waals surface area contributed by atoms with Gasteiger partial charge in [-0.25, -0.2) is 0 Å². The molecule has 3 nitrogen and oxygen atoms in total. The van der Waals surface area contributed by atoms with Crippen LogP contribution in [0.15, 0.2) is 30.3 Å². The van der Waals surface area contributed by atoms with Gasteiger partial charge in [0.15, 0.2) is 0 Å². The van der Waals surface area contributed by atoms with Crippen LogP contribution in [0.5, 0.6) is 0 Å². The highest BCUT2D eigenvalue weighted by atomic mass is 16.2. The number of nitrogens with one attached hydrogen (secondary N) is 1. The Morgan fingerprint density at radius 3 is 2.42 bits per heavy atom. The molecule has 1 aromatic carbocycles. The lowest BCUT2D eigenvalue weighted by atomic mass is 9.95. The summed E-state index contributed by atoms with van der Waals surface area (Å²) in [5.74, 6) is 0.292. The van der Waals surface area contributed by atoms with Crippen LogP contribution in [0.3, 0.4) is 0 Å². The van der Waals surface area contributed by atoms with Crippen LogP contribution in [0.25, 0.3) is 0 Å². The van der Waals surface area contributed by atoms with E-state index in [4.69, 9.17) is 5.73 Å². The lowest BCUT2D eigenvalue weighted by Crippen LogP contribution is -2.43. The molecule has 0 spiro atoms. The molecular weight excluding hydrogens is 236 g/mol. The Morgan fingerprint density at radius 2 is 1.89 bits per heavy atom. The van der Waals surface area contributed by atoms with Crippen LogP contribution < -0.4 is 11.1 Å². The molecule has 0 heterocycles. The highest BCUT2D eigenvalue weighted by molar-refractivity contribution is 5.81. The molecule has 3 heteroatoms. The first-order valence-electron chi connectivity index (χ1n) is 7.17. The minimum absolute atomic E-state index is 0.0291. The fourth-order valence-corrected chi connectivity index (χ4v) is 2.11. The van der Waals surface area contributed by atoms with Gasteiger partial charge in [-0.1, -0.05) is 63.9 Å². The Hall–Kier alpha value is -1.35. The molecule has 0 fully saturated rings. The Labute approximate surface area is 116 Å². The first kappa shape index (κ1) is 15.7. The van der Waals surface area contributed by atoms with Crippen LogP contribution >= 0.6 is 0 Å². The van der Waals surface area contributed by atoms with Gasteiger partial charge in [-0.3, -0.25) is 4.79 Å². The molecule has 0 aromatic heterocycles. The molecule has 19 heavy (non-hydrogen) atoms. The smallest absolute Gasteiger partial charge is 0.237 e. The second kappa shape index (κ2) is 7.95. The molecule has 1 rings (SSSR count). The largest absolute Gasteiger partial charge is 0.348 e. The van der Waals surface area contributed by atoms with Gasteiger partial charge in [0, 0.05) is 0 Å². The third kappa shape index (κ3) is 5.03. The second-order valence-corrected chi connectivity index (χ2v) is 5.39. The van der Waals surface area contributed by atoms with Crippen LogP contribution in [0.2, 0.25) is 0 Å². The topological polar surface area (TPSA) is 55.1 Å².